The number of nitrogens with zero attached hydrogens (tertiary/aromatic N) is 2. The summed E-state index contributed by atoms with van der Waals surface area (Å²) in [6.07, 6.45) is -4.96. The number of carboxylic acid groups (broad SMARTS) is 1. The van der Waals surface area contributed by atoms with Crippen LogP contribution in [0.25, 0.3) is 0 Å². The second-order valence-electron chi connectivity index (χ2n) is 6.11. The summed E-state index contributed by atoms with van der Waals surface area (Å²) >= 11 is 0. The summed E-state index contributed by atoms with van der Waals surface area (Å²) in [6, 6.07) is 6.30. The van der Waals surface area contributed by atoms with Crippen LogP contribution >= 0.6 is 0 Å². The smallest absolute Gasteiger partial charge is 0.354 e. The van der Waals surface area contributed by atoms with Gasteiger partial charge in [-0.15, -0.1) is 0 Å². The lowest BCUT2D eigenvalue weighted by Crippen LogP contribution is -2.45. The Balaban J connectivity index is 0.000000297. The number of amidine groups is 1. The number of aromatic carboxylic acids is 1. The zero-order valence-corrected chi connectivity index (χ0v) is 15.2. The molecule has 0 saturated heterocycles. The Morgan fingerprint density at radius 1 is 1.20 bits per heavy atom. The molecule has 12 heteroatoms. The van der Waals surface area contributed by atoms with Crippen LogP contribution in [0.1, 0.15) is 28.0 Å². The Labute approximate surface area is 167 Å². The monoisotopic (exact) mass is 432 g/mol. The zero-order chi connectivity index (χ0) is 22.5. The second-order valence-corrected chi connectivity index (χ2v) is 6.11. The van der Waals surface area contributed by atoms with Crippen LogP contribution in [0.15, 0.2) is 41.5 Å². The third kappa shape index (κ3) is 5.00. The third-order valence-corrected chi connectivity index (χ3v) is 3.98. The van der Waals surface area contributed by atoms with Gasteiger partial charge in [-0.25, -0.2) is 31.7 Å². The Bertz CT molecular complexity index is 928. The minimum absolute atomic E-state index is 0.0810. The minimum atomic E-state index is -3.21. The van der Waals surface area contributed by atoms with Crippen molar-refractivity contribution in [3.63, 3.8) is 0 Å². The Morgan fingerprint density at radius 3 is 2.37 bits per heavy atom. The van der Waals surface area contributed by atoms with Gasteiger partial charge in [-0.05, 0) is 24.3 Å². The van der Waals surface area contributed by atoms with Gasteiger partial charge in [0, 0.05) is 17.4 Å². The van der Waals surface area contributed by atoms with Crippen LogP contribution in [-0.2, 0) is 10.3 Å². The number of alkyl halides is 4. The molecule has 0 amide bonds. The maximum absolute atomic E-state index is 14.2. The number of pyridine rings is 1. The number of halogens is 5. The number of anilines is 1. The van der Waals surface area contributed by atoms with Crippen molar-refractivity contribution in [2.24, 2.45) is 10.7 Å². The normalized spacial score (nSPS) is 18.6. The van der Waals surface area contributed by atoms with Gasteiger partial charge >= 0.3 is 5.97 Å². The SMILES string of the molecule is NC1=N[C@@](c2cc(N)cc(C(F)F)c2F)(C(F)F)COC1.O=C(O)c1ccccn1. The van der Waals surface area contributed by atoms with E-state index < -0.39 is 47.9 Å². The van der Waals surface area contributed by atoms with Gasteiger partial charge in [0.25, 0.3) is 12.9 Å². The summed E-state index contributed by atoms with van der Waals surface area (Å²) in [5, 5.41) is 8.32. The van der Waals surface area contributed by atoms with E-state index in [1.54, 1.807) is 12.1 Å². The molecule has 0 saturated carbocycles. The summed E-state index contributed by atoms with van der Waals surface area (Å²) in [5.41, 5.74) is 6.27. The van der Waals surface area contributed by atoms with E-state index in [1.165, 1.54) is 12.3 Å². The van der Waals surface area contributed by atoms with Crippen LogP contribution in [0, 0.1) is 5.82 Å². The molecule has 0 bridgehead atoms. The van der Waals surface area contributed by atoms with Crippen molar-refractivity contribution in [3.8, 4) is 0 Å². The van der Waals surface area contributed by atoms with Crippen molar-refractivity contribution in [3.05, 3.63) is 59.2 Å². The van der Waals surface area contributed by atoms with E-state index >= 15 is 0 Å². The molecule has 2 aromatic rings. The van der Waals surface area contributed by atoms with E-state index in [4.69, 9.17) is 21.3 Å². The van der Waals surface area contributed by atoms with E-state index in [0.29, 0.717) is 6.07 Å². The van der Waals surface area contributed by atoms with E-state index in [0.717, 1.165) is 6.07 Å². The first-order valence-corrected chi connectivity index (χ1v) is 8.30. The topological polar surface area (TPSA) is 124 Å². The fourth-order valence-electron chi connectivity index (χ4n) is 2.63. The molecule has 1 aromatic heterocycles. The number of carbonyl (C=O) groups is 1. The first kappa shape index (κ1) is 23.0. The fourth-order valence-corrected chi connectivity index (χ4v) is 2.63. The molecule has 1 aliphatic heterocycles. The molecule has 0 radical (unpaired) electrons. The maximum Gasteiger partial charge on any atom is 0.354 e. The van der Waals surface area contributed by atoms with Crippen LogP contribution in [-0.4, -0.2) is 41.5 Å². The third-order valence-electron chi connectivity index (χ3n) is 3.98. The summed E-state index contributed by atoms with van der Waals surface area (Å²) in [5.74, 6) is -2.75. The predicted octanol–water partition coefficient (Wildman–Crippen LogP) is 2.97. The molecule has 3 rings (SSSR count). The molecular weight excluding hydrogens is 415 g/mol. The number of nitrogen functional groups attached to an aromatic ring is 1. The Morgan fingerprint density at radius 2 is 1.90 bits per heavy atom. The predicted molar refractivity (Wildman–Crippen MR) is 97.1 cm³/mol. The first-order valence-electron chi connectivity index (χ1n) is 8.30. The van der Waals surface area contributed by atoms with Crippen LogP contribution in [0.4, 0.5) is 27.6 Å². The standard InChI is InChI=1S/C12H12F5N3O.C6H5NO2/c13-9-6(10(14)15)1-5(18)2-7(9)12(11(16)17)4-21-3-8(19)20-12;8-6(9)5-3-1-2-4-7-5/h1-2,10-11H,3-4,18H2,(H2,19,20);1-4H,(H,8,9)/t12-;/m0./s1. The molecule has 1 aromatic carbocycles. The van der Waals surface area contributed by atoms with E-state index in [1.807, 2.05) is 0 Å². The average Bonchev–Trinajstić information content (AvgIpc) is 2.70. The highest BCUT2D eigenvalue weighted by molar-refractivity contribution is 5.85. The maximum atomic E-state index is 14.2. The summed E-state index contributed by atoms with van der Waals surface area (Å²) < 4.78 is 71.5. The van der Waals surface area contributed by atoms with Gasteiger partial charge in [0.2, 0.25) is 0 Å². The first-order chi connectivity index (χ1) is 14.1. The lowest BCUT2D eigenvalue weighted by atomic mass is 9.88. The number of nitrogens with two attached hydrogens (primary N) is 2. The van der Waals surface area contributed by atoms with Gasteiger partial charge in [0.05, 0.1) is 12.2 Å². The number of benzene rings is 1. The van der Waals surface area contributed by atoms with Crippen LogP contribution in [0.3, 0.4) is 0 Å². The fraction of sp³-hybridized carbons (Fsp3) is 0.278. The Kier molecular flexibility index (Phi) is 7.27. The second kappa shape index (κ2) is 9.48. The Hall–Kier alpha value is -3.28. The van der Waals surface area contributed by atoms with Crippen LogP contribution in [0.2, 0.25) is 0 Å². The van der Waals surface area contributed by atoms with E-state index in [9.17, 15) is 26.7 Å². The number of hydrogen-bond acceptors (Lipinski definition) is 6. The quantitative estimate of drug-likeness (QED) is 0.504. The summed E-state index contributed by atoms with van der Waals surface area (Å²) in [4.78, 5) is 17.3. The molecule has 2 heterocycles. The molecule has 0 aliphatic carbocycles. The molecule has 30 heavy (non-hydrogen) atoms. The number of ether oxygens (including phenoxy) is 1. The van der Waals surface area contributed by atoms with Crippen molar-refractivity contribution in [1.82, 2.24) is 4.98 Å². The molecule has 0 fully saturated rings. The molecule has 0 spiro atoms. The number of aromatic nitrogens is 1. The molecule has 0 unspecified atom stereocenters. The number of hydrogen-bond donors (Lipinski definition) is 3. The highest BCUT2D eigenvalue weighted by Gasteiger charge is 2.47. The molecule has 1 atom stereocenters. The van der Waals surface area contributed by atoms with Crippen molar-refractivity contribution in [2.75, 3.05) is 18.9 Å². The van der Waals surface area contributed by atoms with E-state index in [2.05, 4.69) is 9.98 Å². The highest BCUT2D eigenvalue weighted by Crippen LogP contribution is 2.40. The lowest BCUT2D eigenvalue weighted by Gasteiger charge is -2.33. The van der Waals surface area contributed by atoms with Crippen LogP contribution in [0.5, 0.6) is 0 Å². The van der Waals surface area contributed by atoms with Crippen molar-refractivity contribution >= 4 is 17.5 Å². The van der Waals surface area contributed by atoms with Gasteiger partial charge in [-0.1, -0.05) is 6.07 Å². The lowest BCUT2D eigenvalue weighted by molar-refractivity contribution is -0.0149. The van der Waals surface area contributed by atoms with Crippen molar-refractivity contribution < 1.29 is 36.6 Å². The molecule has 7 nitrogen and oxygen atoms in total. The van der Waals surface area contributed by atoms with Crippen molar-refractivity contribution in [2.45, 2.75) is 18.4 Å². The largest absolute Gasteiger partial charge is 0.477 e. The zero-order valence-electron chi connectivity index (χ0n) is 15.2. The minimum Gasteiger partial charge on any atom is -0.477 e. The molecule has 162 valence electrons. The molecule has 5 N–H and O–H groups in total. The highest BCUT2D eigenvalue weighted by atomic mass is 19.3. The van der Waals surface area contributed by atoms with Gasteiger partial charge < -0.3 is 21.3 Å². The van der Waals surface area contributed by atoms with Gasteiger partial charge in [-0.2, -0.15) is 0 Å². The average molecular weight is 432 g/mol. The van der Waals surface area contributed by atoms with Crippen molar-refractivity contribution in [1.29, 1.82) is 0 Å². The number of carboxylic acids is 1. The number of aliphatic imine (C=N–C) groups is 1. The number of rotatable bonds is 4. The van der Waals surface area contributed by atoms with E-state index in [-0.39, 0.29) is 23.8 Å². The molecule has 1 aliphatic rings. The summed E-state index contributed by atoms with van der Waals surface area (Å²) in [7, 11) is 0. The van der Waals surface area contributed by atoms with Gasteiger partial charge in [0.1, 0.15) is 24.0 Å². The van der Waals surface area contributed by atoms with Crippen LogP contribution < -0.4 is 11.5 Å². The molecular formula is C18H17F5N4O3. The summed E-state index contributed by atoms with van der Waals surface area (Å²) in [6.45, 7) is -0.880. The van der Waals surface area contributed by atoms with Gasteiger partial charge in [0.15, 0.2) is 5.54 Å². The van der Waals surface area contributed by atoms with Gasteiger partial charge in [-0.3, -0.25) is 4.99 Å².